The van der Waals surface area contributed by atoms with Crippen molar-refractivity contribution >= 4 is 57.8 Å². The van der Waals surface area contributed by atoms with Crippen LogP contribution in [0.4, 0.5) is 17.1 Å². The molecule has 10 heteroatoms. The number of hydrogen-bond acceptors (Lipinski definition) is 6. The van der Waals surface area contributed by atoms with Gasteiger partial charge >= 0.3 is 0 Å². The van der Waals surface area contributed by atoms with Crippen molar-refractivity contribution in [1.29, 1.82) is 0 Å². The van der Waals surface area contributed by atoms with Gasteiger partial charge in [-0.05, 0) is 30.3 Å². The van der Waals surface area contributed by atoms with E-state index in [1.54, 1.807) is 12.1 Å². The molecule has 1 aromatic heterocycles. The number of nitrogens with one attached hydrogen (secondary N) is 3. The van der Waals surface area contributed by atoms with Crippen LogP contribution in [0.2, 0.25) is 15.2 Å². The Morgan fingerprint density at radius 2 is 1.61 bits per heavy atom. The fourth-order valence-corrected chi connectivity index (χ4v) is 3.47. The first-order chi connectivity index (χ1) is 14.5. The van der Waals surface area contributed by atoms with Crippen LogP contribution >= 0.6 is 34.8 Å². The number of pyridine rings is 1. The number of anilines is 3. The third-order valence-electron chi connectivity index (χ3n) is 4.48. The third kappa shape index (κ3) is 5.18. The average Bonchev–Trinajstić information content (AvgIpc) is 2.68. The topological polar surface area (TPSA) is 100 Å². The number of hydrogen-bond donors (Lipinski definition) is 3. The van der Waals surface area contributed by atoms with Gasteiger partial charge in [0.2, 0.25) is 0 Å². The summed E-state index contributed by atoms with van der Waals surface area (Å²) in [6, 6.07) is 7.75. The summed E-state index contributed by atoms with van der Waals surface area (Å²) in [6.07, 6.45) is 0.799. The van der Waals surface area contributed by atoms with Gasteiger partial charge in [0.15, 0.2) is 5.15 Å². The minimum Gasteiger partial charge on any atom is -0.360 e. The van der Waals surface area contributed by atoms with Gasteiger partial charge in [0.1, 0.15) is 17.5 Å². The normalized spacial score (nSPS) is 12.5. The van der Waals surface area contributed by atoms with Gasteiger partial charge in [-0.25, -0.2) is 4.98 Å². The van der Waals surface area contributed by atoms with Gasteiger partial charge in [0, 0.05) is 27.2 Å². The number of amides is 1. The summed E-state index contributed by atoms with van der Waals surface area (Å²) >= 11 is 18.0. The Labute approximate surface area is 193 Å². The summed E-state index contributed by atoms with van der Waals surface area (Å²) < 4.78 is 0. The standard InChI is InChI=1S/C21H19Cl3N4O3/c1-21(2,3)20(28-19(31)10-7-11(22)9-12(23)8-10)27-15-14(16(29)17(15)30)26-13-5-4-6-25-18(13)24/h4-9,20,26-27H,1-3H3,(H,28,31). The van der Waals surface area contributed by atoms with E-state index in [0.717, 1.165) is 0 Å². The zero-order valence-corrected chi connectivity index (χ0v) is 19.1. The van der Waals surface area contributed by atoms with Gasteiger partial charge in [-0.15, -0.1) is 0 Å². The number of nitrogens with zero attached hydrogens (tertiary/aromatic N) is 1. The Bertz CT molecular complexity index is 1190. The molecule has 7 nitrogen and oxygen atoms in total. The maximum Gasteiger partial charge on any atom is 0.253 e. The van der Waals surface area contributed by atoms with Crippen molar-refractivity contribution in [3.05, 3.63) is 77.7 Å². The summed E-state index contributed by atoms with van der Waals surface area (Å²) in [5.41, 5.74) is -1.17. The van der Waals surface area contributed by atoms with Gasteiger partial charge < -0.3 is 16.0 Å². The van der Waals surface area contributed by atoms with Gasteiger partial charge in [-0.1, -0.05) is 55.6 Å². The van der Waals surface area contributed by atoms with E-state index >= 15 is 0 Å². The van der Waals surface area contributed by atoms with Gasteiger partial charge in [-0.3, -0.25) is 14.4 Å². The predicted molar refractivity (Wildman–Crippen MR) is 125 cm³/mol. The maximum atomic E-state index is 12.8. The molecule has 0 bridgehead atoms. The van der Waals surface area contributed by atoms with Crippen LogP contribution in [-0.2, 0) is 0 Å². The molecule has 1 atom stereocenters. The van der Waals surface area contributed by atoms with Crippen molar-refractivity contribution < 1.29 is 4.79 Å². The van der Waals surface area contributed by atoms with E-state index in [2.05, 4.69) is 20.9 Å². The van der Waals surface area contributed by atoms with Crippen LogP contribution in [0.5, 0.6) is 0 Å². The molecular weight excluding hydrogens is 463 g/mol. The first kappa shape index (κ1) is 23.1. The fourth-order valence-electron chi connectivity index (χ4n) is 2.78. The molecule has 3 aromatic rings. The van der Waals surface area contributed by atoms with E-state index in [-0.39, 0.29) is 22.1 Å². The lowest BCUT2D eigenvalue weighted by Gasteiger charge is -2.33. The molecule has 0 radical (unpaired) electrons. The van der Waals surface area contributed by atoms with Crippen LogP contribution in [0.3, 0.4) is 0 Å². The van der Waals surface area contributed by atoms with Crippen LogP contribution in [0.25, 0.3) is 0 Å². The number of rotatable bonds is 6. The minimum atomic E-state index is -0.703. The van der Waals surface area contributed by atoms with E-state index in [4.69, 9.17) is 34.8 Å². The SMILES string of the molecule is CC(C)(C)C(NC(=O)c1cc(Cl)cc(Cl)c1)Nc1c(Nc2cccnc2Cl)c(=O)c1=O. The van der Waals surface area contributed by atoms with E-state index in [1.165, 1.54) is 24.4 Å². The summed E-state index contributed by atoms with van der Waals surface area (Å²) in [6.45, 7) is 5.60. The largest absolute Gasteiger partial charge is 0.360 e. The fraction of sp³-hybridized carbons (Fsp3) is 0.238. The summed E-state index contributed by atoms with van der Waals surface area (Å²) in [7, 11) is 0. The average molecular weight is 482 g/mol. The van der Waals surface area contributed by atoms with Crippen molar-refractivity contribution in [1.82, 2.24) is 10.3 Å². The van der Waals surface area contributed by atoms with E-state index in [9.17, 15) is 14.4 Å². The van der Waals surface area contributed by atoms with Crippen molar-refractivity contribution in [2.75, 3.05) is 10.6 Å². The number of carbonyl (C=O) groups is 1. The zero-order chi connectivity index (χ0) is 22.9. The van der Waals surface area contributed by atoms with E-state index < -0.39 is 28.3 Å². The van der Waals surface area contributed by atoms with Gasteiger partial charge in [0.25, 0.3) is 16.8 Å². The van der Waals surface area contributed by atoms with Gasteiger partial charge in [0.05, 0.1) is 5.69 Å². The third-order valence-corrected chi connectivity index (χ3v) is 5.22. The molecule has 0 aliphatic heterocycles. The number of aromatic nitrogens is 1. The molecule has 0 spiro atoms. The van der Waals surface area contributed by atoms with E-state index in [0.29, 0.717) is 15.7 Å². The van der Waals surface area contributed by atoms with Crippen LogP contribution in [0, 0.1) is 5.41 Å². The molecule has 0 saturated heterocycles. The molecule has 0 saturated carbocycles. The molecule has 162 valence electrons. The second kappa shape index (κ2) is 8.86. The van der Waals surface area contributed by atoms with Crippen molar-refractivity contribution in [3.8, 4) is 0 Å². The first-order valence-electron chi connectivity index (χ1n) is 9.21. The number of halogens is 3. The smallest absolute Gasteiger partial charge is 0.253 e. The summed E-state index contributed by atoms with van der Waals surface area (Å²) in [5, 5.41) is 9.44. The Morgan fingerprint density at radius 1 is 1.00 bits per heavy atom. The lowest BCUT2D eigenvalue weighted by atomic mass is 9.91. The van der Waals surface area contributed by atoms with Crippen molar-refractivity contribution in [3.63, 3.8) is 0 Å². The highest BCUT2D eigenvalue weighted by atomic mass is 35.5. The summed E-state index contributed by atoms with van der Waals surface area (Å²) in [4.78, 5) is 41.1. The van der Waals surface area contributed by atoms with Crippen LogP contribution in [0.15, 0.2) is 46.1 Å². The Kier molecular flexibility index (Phi) is 6.59. The zero-order valence-electron chi connectivity index (χ0n) is 16.8. The first-order valence-corrected chi connectivity index (χ1v) is 10.3. The quantitative estimate of drug-likeness (QED) is 0.270. The minimum absolute atomic E-state index is 0.0502. The Hall–Kier alpha value is -2.61. The highest BCUT2D eigenvalue weighted by Gasteiger charge is 2.31. The molecule has 3 rings (SSSR count). The van der Waals surface area contributed by atoms with Crippen LogP contribution in [-0.4, -0.2) is 17.1 Å². The van der Waals surface area contributed by atoms with Crippen molar-refractivity contribution in [2.24, 2.45) is 5.41 Å². The predicted octanol–water partition coefficient (Wildman–Crippen LogP) is 4.60. The number of carbonyl (C=O) groups excluding carboxylic acids is 1. The molecule has 1 heterocycles. The Balaban J connectivity index is 1.87. The lowest BCUT2D eigenvalue weighted by Crippen LogP contribution is -2.51. The molecule has 0 fully saturated rings. The highest BCUT2D eigenvalue weighted by Crippen LogP contribution is 2.28. The van der Waals surface area contributed by atoms with Crippen LogP contribution < -0.4 is 26.8 Å². The molecular formula is C21H19Cl3N4O3. The monoisotopic (exact) mass is 480 g/mol. The van der Waals surface area contributed by atoms with Crippen LogP contribution in [0.1, 0.15) is 31.1 Å². The number of benzene rings is 1. The van der Waals surface area contributed by atoms with E-state index in [1.807, 2.05) is 20.8 Å². The maximum absolute atomic E-state index is 12.8. The lowest BCUT2D eigenvalue weighted by molar-refractivity contribution is 0.0913. The molecule has 2 aromatic carbocycles. The summed E-state index contributed by atoms with van der Waals surface area (Å²) in [5.74, 6) is -0.444. The molecule has 0 aliphatic carbocycles. The molecule has 1 unspecified atom stereocenters. The second-order valence-corrected chi connectivity index (χ2v) is 9.18. The molecule has 31 heavy (non-hydrogen) atoms. The molecule has 3 N–H and O–H groups in total. The molecule has 1 amide bonds. The van der Waals surface area contributed by atoms with Gasteiger partial charge in [-0.2, -0.15) is 0 Å². The second-order valence-electron chi connectivity index (χ2n) is 7.95. The highest BCUT2D eigenvalue weighted by molar-refractivity contribution is 6.35. The Morgan fingerprint density at radius 3 is 2.19 bits per heavy atom. The van der Waals surface area contributed by atoms with Crippen molar-refractivity contribution in [2.45, 2.75) is 26.9 Å². The molecule has 0 aliphatic rings.